The second-order valence-electron chi connectivity index (χ2n) is 7.89. The van der Waals surface area contributed by atoms with E-state index in [9.17, 15) is 19.2 Å². The minimum Gasteiger partial charge on any atom is -0.452 e. The fourth-order valence-corrected chi connectivity index (χ4v) is 3.39. The fourth-order valence-electron chi connectivity index (χ4n) is 3.39. The second kappa shape index (κ2) is 8.59. The molecule has 2 aromatic carbocycles. The molecule has 0 saturated carbocycles. The Morgan fingerprint density at radius 1 is 1.10 bits per heavy atom. The molecule has 3 amide bonds. The van der Waals surface area contributed by atoms with E-state index in [-0.39, 0.29) is 18.2 Å². The number of hydrogen-bond donors (Lipinski definition) is 2. The summed E-state index contributed by atoms with van der Waals surface area (Å²) in [5.41, 5.74) is 1.23. The molecule has 3 rings (SSSR count). The highest BCUT2D eigenvalue weighted by molar-refractivity contribution is 6.15. The van der Waals surface area contributed by atoms with Crippen LogP contribution in [0.15, 0.2) is 48.5 Å². The summed E-state index contributed by atoms with van der Waals surface area (Å²) in [6.07, 6.45) is -1.11. The fraction of sp³-hybridized carbons (Fsp3) is 0.304. The largest absolute Gasteiger partial charge is 0.452 e. The molecule has 0 saturated heterocycles. The van der Waals surface area contributed by atoms with Crippen molar-refractivity contribution in [3.63, 3.8) is 0 Å². The summed E-state index contributed by atoms with van der Waals surface area (Å²) in [6, 6.07) is 13.8. The number of benzene rings is 2. The van der Waals surface area contributed by atoms with Gasteiger partial charge in [-0.05, 0) is 50.6 Å². The molecule has 8 nitrogen and oxygen atoms in total. The van der Waals surface area contributed by atoms with Gasteiger partial charge < -0.3 is 15.4 Å². The van der Waals surface area contributed by atoms with E-state index < -0.39 is 23.5 Å². The van der Waals surface area contributed by atoms with Gasteiger partial charge >= 0.3 is 5.97 Å². The van der Waals surface area contributed by atoms with Crippen LogP contribution in [0.1, 0.15) is 33.3 Å². The number of ether oxygens (including phenoxy) is 1. The van der Waals surface area contributed by atoms with E-state index >= 15 is 0 Å². The number of nitrogens with zero attached hydrogens (tertiary/aromatic N) is 1. The van der Waals surface area contributed by atoms with Crippen LogP contribution in [-0.4, -0.2) is 35.3 Å². The zero-order valence-electron chi connectivity index (χ0n) is 17.9. The smallest absolute Gasteiger partial charge is 0.311 e. The van der Waals surface area contributed by atoms with Crippen molar-refractivity contribution >= 4 is 40.8 Å². The number of carbonyl (C=O) groups is 4. The van der Waals surface area contributed by atoms with Crippen LogP contribution in [0, 0.1) is 0 Å². The van der Waals surface area contributed by atoms with Crippen molar-refractivity contribution in [3.8, 4) is 0 Å². The monoisotopic (exact) mass is 423 g/mol. The van der Waals surface area contributed by atoms with Crippen LogP contribution in [0.4, 0.5) is 17.1 Å². The summed E-state index contributed by atoms with van der Waals surface area (Å²) in [4.78, 5) is 50.6. The molecule has 0 spiro atoms. The molecule has 0 radical (unpaired) electrons. The van der Waals surface area contributed by atoms with Gasteiger partial charge in [0.2, 0.25) is 11.8 Å². The highest BCUT2D eigenvalue weighted by Gasteiger charge is 2.45. The lowest BCUT2D eigenvalue weighted by atomic mass is 9.95. The van der Waals surface area contributed by atoms with Crippen LogP contribution in [-0.2, 0) is 30.3 Å². The van der Waals surface area contributed by atoms with Crippen molar-refractivity contribution in [2.45, 2.75) is 45.8 Å². The Morgan fingerprint density at radius 2 is 1.74 bits per heavy atom. The van der Waals surface area contributed by atoms with Gasteiger partial charge in [-0.15, -0.1) is 0 Å². The Kier molecular flexibility index (Phi) is 6.10. The normalized spacial score (nSPS) is 15.4. The zero-order valence-corrected chi connectivity index (χ0v) is 17.9. The lowest BCUT2D eigenvalue weighted by Crippen LogP contribution is -2.60. The van der Waals surface area contributed by atoms with Crippen LogP contribution >= 0.6 is 0 Å². The first-order chi connectivity index (χ1) is 14.6. The van der Waals surface area contributed by atoms with E-state index in [0.29, 0.717) is 22.6 Å². The molecule has 2 aromatic rings. The van der Waals surface area contributed by atoms with Gasteiger partial charge in [0.15, 0.2) is 6.10 Å². The highest BCUT2D eigenvalue weighted by Crippen LogP contribution is 2.37. The average molecular weight is 423 g/mol. The van der Waals surface area contributed by atoms with Gasteiger partial charge in [0.25, 0.3) is 5.91 Å². The minimum absolute atomic E-state index is 0.0293. The molecule has 1 atom stereocenters. The predicted molar refractivity (Wildman–Crippen MR) is 117 cm³/mol. The first-order valence-corrected chi connectivity index (χ1v) is 9.90. The van der Waals surface area contributed by atoms with Crippen molar-refractivity contribution in [1.82, 2.24) is 0 Å². The second-order valence-corrected chi connectivity index (χ2v) is 7.89. The van der Waals surface area contributed by atoms with Crippen molar-refractivity contribution in [2.75, 3.05) is 15.5 Å². The lowest BCUT2D eigenvalue weighted by Gasteiger charge is -2.42. The number of esters is 1. The van der Waals surface area contributed by atoms with Gasteiger partial charge in [-0.25, -0.2) is 0 Å². The number of para-hydroxylation sites is 2. The third-order valence-electron chi connectivity index (χ3n) is 5.01. The summed E-state index contributed by atoms with van der Waals surface area (Å²) in [5.74, 6) is -1.56. The lowest BCUT2D eigenvalue weighted by molar-refractivity contribution is -0.153. The number of carbonyl (C=O) groups excluding carboxylic acids is 4. The highest BCUT2D eigenvalue weighted by atomic mass is 16.5. The SMILES string of the molecule is CC(=O)Nc1ccc(CC(=O)O[C@H](C)C(=O)N2c3ccccc3NC(=O)C2(C)C)cc1. The molecule has 0 aliphatic carbocycles. The zero-order chi connectivity index (χ0) is 22.8. The van der Waals surface area contributed by atoms with E-state index in [1.54, 1.807) is 62.4 Å². The maximum Gasteiger partial charge on any atom is 0.311 e. The molecule has 0 aromatic heterocycles. The molecule has 0 fully saturated rings. The number of hydrogen-bond acceptors (Lipinski definition) is 5. The van der Waals surface area contributed by atoms with Crippen LogP contribution in [0.2, 0.25) is 0 Å². The maximum absolute atomic E-state index is 13.2. The number of fused-ring (bicyclic) bond motifs is 1. The first-order valence-electron chi connectivity index (χ1n) is 9.90. The standard InChI is InChI=1S/C23H25N3O5/c1-14(31-20(28)13-16-9-11-17(12-10-16)24-15(2)27)21(29)26-19-8-6-5-7-18(19)25-22(30)23(26,3)4/h5-12,14H,13H2,1-4H3,(H,24,27)(H,25,30)/t14-/m1/s1. The van der Waals surface area contributed by atoms with Gasteiger partial charge in [-0.2, -0.15) is 0 Å². The molecular formula is C23H25N3O5. The Balaban J connectivity index is 1.70. The number of rotatable bonds is 5. The molecule has 0 bridgehead atoms. The Morgan fingerprint density at radius 3 is 2.39 bits per heavy atom. The molecule has 1 aliphatic heterocycles. The summed E-state index contributed by atoms with van der Waals surface area (Å²) >= 11 is 0. The first kappa shape index (κ1) is 22.0. The average Bonchev–Trinajstić information content (AvgIpc) is 2.69. The Bertz CT molecular complexity index is 1030. The minimum atomic E-state index is -1.15. The molecule has 2 N–H and O–H groups in total. The van der Waals surface area contributed by atoms with E-state index in [0.717, 1.165) is 0 Å². The van der Waals surface area contributed by atoms with Gasteiger partial charge in [0, 0.05) is 12.6 Å². The van der Waals surface area contributed by atoms with E-state index in [4.69, 9.17) is 4.74 Å². The third-order valence-corrected chi connectivity index (χ3v) is 5.01. The van der Waals surface area contributed by atoms with Crippen molar-refractivity contribution in [3.05, 3.63) is 54.1 Å². The number of amides is 3. The van der Waals surface area contributed by atoms with Gasteiger partial charge in [0.1, 0.15) is 5.54 Å². The maximum atomic E-state index is 13.2. The Hall–Kier alpha value is -3.68. The predicted octanol–water partition coefficient (Wildman–Crippen LogP) is 2.88. The van der Waals surface area contributed by atoms with E-state index in [1.165, 1.54) is 18.7 Å². The molecule has 1 aliphatic rings. The van der Waals surface area contributed by atoms with E-state index in [2.05, 4.69) is 10.6 Å². The van der Waals surface area contributed by atoms with Crippen molar-refractivity contribution in [1.29, 1.82) is 0 Å². The van der Waals surface area contributed by atoms with E-state index in [1.807, 2.05) is 0 Å². The van der Waals surface area contributed by atoms with Gasteiger partial charge in [-0.3, -0.25) is 24.1 Å². The molecule has 8 heteroatoms. The summed E-state index contributed by atoms with van der Waals surface area (Å²) in [6.45, 7) is 6.18. The molecule has 1 heterocycles. The summed E-state index contributed by atoms with van der Waals surface area (Å²) in [7, 11) is 0. The van der Waals surface area contributed by atoms with Crippen LogP contribution < -0.4 is 15.5 Å². The Labute approximate surface area is 180 Å². The van der Waals surface area contributed by atoms with Gasteiger partial charge in [0.05, 0.1) is 17.8 Å². The van der Waals surface area contributed by atoms with Crippen LogP contribution in [0.3, 0.4) is 0 Å². The molecular weight excluding hydrogens is 398 g/mol. The van der Waals surface area contributed by atoms with Crippen LogP contribution in [0.25, 0.3) is 0 Å². The summed E-state index contributed by atoms with van der Waals surface area (Å²) in [5, 5.41) is 5.45. The number of nitrogens with one attached hydrogen (secondary N) is 2. The topological polar surface area (TPSA) is 105 Å². The van der Waals surface area contributed by atoms with Crippen molar-refractivity contribution in [2.24, 2.45) is 0 Å². The summed E-state index contributed by atoms with van der Waals surface area (Å²) < 4.78 is 5.38. The van der Waals surface area contributed by atoms with Crippen molar-refractivity contribution < 1.29 is 23.9 Å². The van der Waals surface area contributed by atoms with Gasteiger partial charge in [-0.1, -0.05) is 24.3 Å². The molecule has 31 heavy (non-hydrogen) atoms. The third kappa shape index (κ3) is 4.74. The number of anilines is 3. The molecule has 0 unspecified atom stereocenters. The van der Waals surface area contributed by atoms with Crippen LogP contribution in [0.5, 0.6) is 0 Å². The quantitative estimate of drug-likeness (QED) is 0.720. The molecule has 162 valence electrons.